The lowest BCUT2D eigenvalue weighted by Gasteiger charge is -2.09. The van der Waals surface area contributed by atoms with Crippen molar-refractivity contribution < 1.29 is 4.39 Å². The summed E-state index contributed by atoms with van der Waals surface area (Å²) >= 11 is 0. The van der Waals surface area contributed by atoms with Gasteiger partial charge in [-0.15, -0.1) is 0 Å². The summed E-state index contributed by atoms with van der Waals surface area (Å²) in [6.07, 6.45) is 4.60. The Morgan fingerprint density at radius 2 is 2.12 bits per heavy atom. The van der Waals surface area contributed by atoms with Crippen molar-refractivity contribution in [1.29, 1.82) is 0 Å². The second kappa shape index (κ2) is 5.10. The van der Waals surface area contributed by atoms with Crippen LogP contribution in [0.25, 0.3) is 0 Å². The van der Waals surface area contributed by atoms with Crippen molar-refractivity contribution in [3.63, 3.8) is 0 Å². The Hall–Kier alpha value is -1.38. The van der Waals surface area contributed by atoms with Gasteiger partial charge in [0.2, 0.25) is 0 Å². The smallest absolute Gasteiger partial charge is 0.126 e. The zero-order valence-corrected chi connectivity index (χ0v) is 9.59. The summed E-state index contributed by atoms with van der Waals surface area (Å²) in [4.78, 5) is 4.48. The molecule has 0 amide bonds. The lowest BCUT2D eigenvalue weighted by Crippen LogP contribution is -2.11. The SMILES string of the molecule is Cc1cc(NC2=NCCCCC2)ccc1F. The number of hydrogen-bond donors (Lipinski definition) is 1. The molecule has 0 atom stereocenters. The molecule has 3 heteroatoms. The fraction of sp³-hybridized carbons (Fsp3) is 0.462. The summed E-state index contributed by atoms with van der Waals surface area (Å²) in [7, 11) is 0. The number of nitrogens with zero attached hydrogens (tertiary/aromatic N) is 1. The molecule has 2 nitrogen and oxygen atoms in total. The molecule has 0 saturated carbocycles. The fourth-order valence-corrected chi connectivity index (χ4v) is 1.87. The molecular weight excluding hydrogens is 203 g/mol. The standard InChI is InChI=1S/C13H17FN2/c1-10-9-11(6-7-12(10)14)16-13-5-3-2-4-8-15-13/h6-7,9H,2-5,8H2,1H3,(H,15,16). The maximum atomic E-state index is 13.1. The molecule has 0 bridgehead atoms. The monoisotopic (exact) mass is 220 g/mol. The molecule has 0 aromatic heterocycles. The van der Waals surface area contributed by atoms with Gasteiger partial charge in [0.1, 0.15) is 11.7 Å². The highest BCUT2D eigenvalue weighted by Crippen LogP contribution is 2.15. The predicted octanol–water partition coefficient (Wildman–Crippen LogP) is 3.52. The van der Waals surface area contributed by atoms with E-state index in [2.05, 4.69) is 10.3 Å². The van der Waals surface area contributed by atoms with Crippen LogP contribution in [0.15, 0.2) is 23.2 Å². The minimum Gasteiger partial charge on any atom is -0.344 e. The maximum Gasteiger partial charge on any atom is 0.126 e. The Morgan fingerprint density at radius 3 is 2.94 bits per heavy atom. The van der Waals surface area contributed by atoms with Crippen molar-refractivity contribution in [2.75, 3.05) is 11.9 Å². The molecule has 86 valence electrons. The summed E-state index contributed by atoms with van der Waals surface area (Å²) < 4.78 is 13.1. The first-order chi connectivity index (χ1) is 7.75. The molecule has 2 rings (SSSR count). The molecule has 1 aliphatic rings. The normalized spacial score (nSPS) is 16.5. The molecule has 1 aliphatic heterocycles. The highest BCUT2D eigenvalue weighted by atomic mass is 19.1. The molecule has 0 fully saturated rings. The zero-order chi connectivity index (χ0) is 11.4. The van der Waals surface area contributed by atoms with Gasteiger partial charge in [-0.25, -0.2) is 4.39 Å². The number of amidine groups is 1. The Kier molecular flexibility index (Phi) is 3.54. The van der Waals surface area contributed by atoms with Gasteiger partial charge in [0.05, 0.1) is 0 Å². The van der Waals surface area contributed by atoms with E-state index in [0.29, 0.717) is 5.56 Å². The van der Waals surface area contributed by atoms with E-state index in [1.54, 1.807) is 13.0 Å². The first kappa shape index (κ1) is 11.1. The minimum atomic E-state index is -0.159. The molecule has 1 aromatic rings. The van der Waals surface area contributed by atoms with E-state index in [9.17, 15) is 4.39 Å². The van der Waals surface area contributed by atoms with E-state index in [1.807, 2.05) is 6.07 Å². The Morgan fingerprint density at radius 1 is 1.25 bits per heavy atom. The predicted molar refractivity (Wildman–Crippen MR) is 65.5 cm³/mol. The highest BCUT2D eigenvalue weighted by Gasteiger charge is 2.05. The number of aliphatic imine (C=N–C) groups is 1. The van der Waals surface area contributed by atoms with E-state index >= 15 is 0 Å². The number of hydrogen-bond acceptors (Lipinski definition) is 2. The molecule has 16 heavy (non-hydrogen) atoms. The van der Waals surface area contributed by atoms with Crippen molar-refractivity contribution >= 4 is 11.5 Å². The van der Waals surface area contributed by atoms with E-state index in [-0.39, 0.29) is 5.82 Å². The van der Waals surface area contributed by atoms with E-state index in [0.717, 1.165) is 24.5 Å². The van der Waals surface area contributed by atoms with Crippen LogP contribution in [0.5, 0.6) is 0 Å². The van der Waals surface area contributed by atoms with Crippen molar-refractivity contribution in [2.45, 2.75) is 32.6 Å². The average molecular weight is 220 g/mol. The minimum absolute atomic E-state index is 0.159. The van der Waals surface area contributed by atoms with Gasteiger partial charge in [0.25, 0.3) is 0 Å². The zero-order valence-electron chi connectivity index (χ0n) is 9.59. The van der Waals surface area contributed by atoms with Crippen LogP contribution in [0.3, 0.4) is 0 Å². The molecule has 1 N–H and O–H groups in total. The lowest BCUT2D eigenvalue weighted by atomic mass is 10.2. The average Bonchev–Trinajstić information content (AvgIpc) is 2.52. The third-order valence-corrected chi connectivity index (χ3v) is 2.82. The summed E-state index contributed by atoms with van der Waals surface area (Å²) in [5, 5.41) is 3.27. The van der Waals surface area contributed by atoms with E-state index in [4.69, 9.17) is 0 Å². The van der Waals surface area contributed by atoms with Gasteiger partial charge in [0, 0.05) is 18.7 Å². The third-order valence-electron chi connectivity index (χ3n) is 2.82. The molecule has 0 saturated heterocycles. The molecule has 0 aliphatic carbocycles. The fourth-order valence-electron chi connectivity index (χ4n) is 1.87. The second-order valence-electron chi connectivity index (χ2n) is 4.23. The van der Waals surface area contributed by atoms with Crippen LogP contribution in [0.2, 0.25) is 0 Å². The summed E-state index contributed by atoms with van der Waals surface area (Å²) in [5.74, 6) is 0.872. The summed E-state index contributed by atoms with van der Waals surface area (Å²) in [6, 6.07) is 5.08. The van der Waals surface area contributed by atoms with E-state index < -0.39 is 0 Å². The van der Waals surface area contributed by atoms with E-state index in [1.165, 1.54) is 25.3 Å². The van der Waals surface area contributed by atoms with Crippen LogP contribution < -0.4 is 5.32 Å². The number of anilines is 1. The van der Waals surface area contributed by atoms with Crippen LogP contribution in [0.1, 0.15) is 31.2 Å². The van der Waals surface area contributed by atoms with Crippen molar-refractivity contribution in [1.82, 2.24) is 0 Å². The number of benzene rings is 1. The number of rotatable bonds is 1. The molecule has 0 radical (unpaired) electrons. The third kappa shape index (κ3) is 2.81. The van der Waals surface area contributed by atoms with Gasteiger partial charge >= 0.3 is 0 Å². The van der Waals surface area contributed by atoms with Crippen molar-refractivity contribution in [2.24, 2.45) is 4.99 Å². The molecule has 0 unspecified atom stereocenters. The van der Waals surface area contributed by atoms with Crippen LogP contribution in [-0.2, 0) is 0 Å². The largest absolute Gasteiger partial charge is 0.344 e. The highest BCUT2D eigenvalue weighted by molar-refractivity contribution is 5.95. The second-order valence-corrected chi connectivity index (χ2v) is 4.23. The quantitative estimate of drug-likeness (QED) is 0.769. The van der Waals surface area contributed by atoms with Gasteiger partial charge < -0.3 is 5.32 Å². The van der Waals surface area contributed by atoms with Crippen molar-refractivity contribution in [3.05, 3.63) is 29.6 Å². The Labute approximate surface area is 95.6 Å². The van der Waals surface area contributed by atoms with Crippen LogP contribution in [-0.4, -0.2) is 12.4 Å². The van der Waals surface area contributed by atoms with Crippen LogP contribution in [0, 0.1) is 12.7 Å². The van der Waals surface area contributed by atoms with Crippen LogP contribution >= 0.6 is 0 Å². The summed E-state index contributed by atoms with van der Waals surface area (Å²) in [6.45, 7) is 2.68. The van der Waals surface area contributed by atoms with Crippen LogP contribution in [0.4, 0.5) is 10.1 Å². The number of nitrogens with one attached hydrogen (secondary N) is 1. The molecule has 1 aromatic carbocycles. The summed E-state index contributed by atoms with van der Waals surface area (Å²) in [5.41, 5.74) is 1.60. The molecule has 1 heterocycles. The lowest BCUT2D eigenvalue weighted by molar-refractivity contribution is 0.619. The molecule has 0 spiro atoms. The van der Waals surface area contributed by atoms with Gasteiger partial charge in [-0.3, -0.25) is 4.99 Å². The first-order valence-electron chi connectivity index (χ1n) is 5.82. The number of halogens is 1. The van der Waals surface area contributed by atoms with Gasteiger partial charge in [-0.2, -0.15) is 0 Å². The Bertz CT molecular complexity index is 399. The number of aryl methyl sites for hydroxylation is 1. The topological polar surface area (TPSA) is 24.4 Å². The van der Waals surface area contributed by atoms with Gasteiger partial charge in [-0.1, -0.05) is 6.42 Å². The van der Waals surface area contributed by atoms with Gasteiger partial charge in [0.15, 0.2) is 0 Å². The Balaban J connectivity index is 2.07. The maximum absolute atomic E-state index is 13.1. The molecular formula is C13H17FN2. The first-order valence-corrected chi connectivity index (χ1v) is 5.82. The van der Waals surface area contributed by atoms with Crippen molar-refractivity contribution in [3.8, 4) is 0 Å². The van der Waals surface area contributed by atoms with Gasteiger partial charge in [-0.05, 0) is 43.5 Å².